The van der Waals surface area contributed by atoms with Gasteiger partial charge in [0.05, 0.1) is 5.69 Å². The van der Waals surface area contributed by atoms with Crippen LogP contribution in [-0.4, -0.2) is 0 Å². The third-order valence-electron chi connectivity index (χ3n) is 10.5. The molecule has 0 atom stereocenters. The molecule has 0 unspecified atom stereocenters. The summed E-state index contributed by atoms with van der Waals surface area (Å²) in [6, 6.07) is 75.6. The largest absolute Gasteiger partial charge is 0.453 e. The van der Waals surface area contributed by atoms with E-state index in [-0.39, 0.29) is 0 Å². The molecule has 1 aromatic heterocycles. The van der Waals surface area contributed by atoms with Crippen LogP contribution in [0.15, 0.2) is 217 Å². The Morgan fingerprint density at radius 3 is 1.48 bits per heavy atom. The van der Waals surface area contributed by atoms with Gasteiger partial charge in [0.1, 0.15) is 5.58 Å². The Morgan fingerprint density at radius 1 is 0.315 bits per heavy atom. The van der Waals surface area contributed by atoms with Crippen LogP contribution in [0.2, 0.25) is 0 Å². The minimum absolute atomic E-state index is 0.853. The molecular formula is C52H35NO. The first-order valence-corrected chi connectivity index (χ1v) is 18.4. The molecular weight excluding hydrogens is 655 g/mol. The zero-order chi connectivity index (χ0) is 35.8. The molecule has 0 saturated carbocycles. The van der Waals surface area contributed by atoms with Crippen LogP contribution in [-0.2, 0) is 0 Å². The van der Waals surface area contributed by atoms with Gasteiger partial charge in [0.15, 0.2) is 5.58 Å². The molecule has 10 aromatic rings. The Balaban J connectivity index is 1.16. The van der Waals surface area contributed by atoms with Gasteiger partial charge < -0.3 is 9.32 Å². The highest BCUT2D eigenvalue weighted by Crippen LogP contribution is 2.47. The molecule has 0 N–H and O–H groups in total. The second-order valence-electron chi connectivity index (χ2n) is 13.7. The molecule has 0 saturated heterocycles. The molecule has 254 valence electrons. The molecule has 0 bridgehead atoms. The summed E-state index contributed by atoms with van der Waals surface area (Å²) in [6.07, 6.45) is 0. The lowest BCUT2D eigenvalue weighted by atomic mass is 9.96. The van der Waals surface area contributed by atoms with Crippen LogP contribution in [0, 0.1) is 0 Å². The summed E-state index contributed by atoms with van der Waals surface area (Å²) in [5.41, 5.74) is 14.2. The van der Waals surface area contributed by atoms with Crippen molar-refractivity contribution in [2.24, 2.45) is 0 Å². The smallest absolute Gasteiger partial charge is 0.159 e. The first-order valence-electron chi connectivity index (χ1n) is 18.4. The SMILES string of the molecule is c1ccc(-c2ccc(-c3ccc(N(c4cccc(-c5ccccc5)c4)c4cccc5c4oc4c(-c6ccccc6)cc6ccccc6c45)cc3)cc2)cc1. The standard InChI is InChI=1S/C52H35NO/c1-4-14-36(15-5-1)38-26-28-39(29-27-38)40-30-32-44(33-31-40)53(45-22-12-21-42(34-45)37-16-6-2-7-17-37)49-25-13-24-47-50-46-23-11-10-20-43(46)35-48(52(50)54-51(47)49)41-18-8-3-9-19-41/h1-35H. The number of rotatable bonds is 7. The van der Waals surface area contributed by atoms with Crippen molar-refractivity contribution < 1.29 is 4.42 Å². The molecule has 0 spiro atoms. The van der Waals surface area contributed by atoms with Crippen molar-refractivity contribution in [1.82, 2.24) is 0 Å². The maximum Gasteiger partial charge on any atom is 0.159 e. The van der Waals surface area contributed by atoms with Crippen molar-refractivity contribution >= 4 is 49.8 Å². The average molecular weight is 690 g/mol. The topological polar surface area (TPSA) is 16.4 Å². The number of fused-ring (bicyclic) bond motifs is 5. The molecule has 0 aliphatic carbocycles. The van der Waals surface area contributed by atoms with Crippen LogP contribution in [0.3, 0.4) is 0 Å². The van der Waals surface area contributed by atoms with E-state index in [2.05, 4.69) is 217 Å². The Bertz CT molecular complexity index is 2890. The highest BCUT2D eigenvalue weighted by Gasteiger charge is 2.22. The molecule has 0 aliphatic rings. The molecule has 54 heavy (non-hydrogen) atoms. The number of para-hydroxylation sites is 1. The number of benzene rings is 9. The number of furan rings is 1. The number of hydrogen-bond acceptors (Lipinski definition) is 2. The van der Waals surface area contributed by atoms with Gasteiger partial charge in [0.2, 0.25) is 0 Å². The van der Waals surface area contributed by atoms with E-state index in [9.17, 15) is 0 Å². The maximum absolute atomic E-state index is 7.12. The Hall–Kier alpha value is -7.16. The van der Waals surface area contributed by atoms with Crippen LogP contribution in [0.5, 0.6) is 0 Å². The van der Waals surface area contributed by atoms with Crippen molar-refractivity contribution in [2.75, 3.05) is 4.90 Å². The average Bonchev–Trinajstić information content (AvgIpc) is 3.66. The van der Waals surface area contributed by atoms with Gasteiger partial charge in [-0.25, -0.2) is 0 Å². The molecule has 0 radical (unpaired) electrons. The predicted molar refractivity (Wildman–Crippen MR) is 228 cm³/mol. The summed E-state index contributed by atoms with van der Waals surface area (Å²) in [4.78, 5) is 2.34. The fourth-order valence-electron chi connectivity index (χ4n) is 7.81. The lowest BCUT2D eigenvalue weighted by Gasteiger charge is -2.26. The molecule has 2 nitrogen and oxygen atoms in total. The monoisotopic (exact) mass is 689 g/mol. The first kappa shape index (κ1) is 31.6. The predicted octanol–water partition coefficient (Wildman–Crippen LogP) is 14.9. The van der Waals surface area contributed by atoms with Crippen molar-refractivity contribution in [3.63, 3.8) is 0 Å². The molecule has 1 heterocycles. The maximum atomic E-state index is 7.12. The minimum atomic E-state index is 0.853. The van der Waals surface area contributed by atoms with E-state index >= 15 is 0 Å². The summed E-state index contributed by atoms with van der Waals surface area (Å²) in [7, 11) is 0. The summed E-state index contributed by atoms with van der Waals surface area (Å²) in [5.74, 6) is 0. The summed E-state index contributed by atoms with van der Waals surface area (Å²) in [6.45, 7) is 0. The van der Waals surface area contributed by atoms with Gasteiger partial charge in [-0.15, -0.1) is 0 Å². The highest BCUT2D eigenvalue weighted by molar-refractivity contribution is 6.24. The van der Waals surface area contributed by atoms with E-state index in [1.165, 1.54) is 33.0 Å². The van der Waals surface area contributed by atoms with Gasteiger partial charge in [-0.05, 0) is 86.1 Å². The van der Waals surface area contributed by atoms with E-state index in [0.29, 0.717) is 0 Å². The van der Waals surface area contributed by atoms with E-state index in [1.54, 1.807) is 0 Å². The number of nitrogens with zero attached hydrogens (tertiary/aromatic N) is 1. The van der Waals surface area contributed by atoms with Crippen molar-refractivity contribution in [1.29, 1.82) is 0 Å². The van der Waals surface area contributed by atoms with Crippen LogP contribution in [0.1, 0.15) is 0 Å². The lowest BCUT2D eigenvalue weighted by molar-refractivity contribution is 0.670. The van der Waals surface area contributed by atoms with Crippen molar-refractivity contribution in [3.05, 3.63) is 212 Å². The summed E-state index contributed by atoms with van der Waals surface area (Å²) >= 11 is 0. The Labute approximate surface area is 314 Å². The second-order valence-corrected chi connectivity index (χ2v) is 13.7. The van der Waals surface area contributed by atoms with Gasteiger partial charge >= 0.3 is 0 Å². The quantitative estimate of drug-likeness (QED) is 0.166. The van der Waals surface area contributed by atoms with Crippen LogP contribution in [0.4, 0.5) is 17.1 Å². The zero-order valence-electron chi connectivity index (χ0n) is 29.6. The van der Waals surface area contributed by atoms with Gasteiger partial charge in [-0.3, -0.25) is 0 Å². The van der Waals surface area contributed by atoms with Crippen molar-refractivity contribution in [3.8, 4) is 44.5 Å². The molecule has 9 aromatic carbocycles. The normalized spacial score (nSPS) is 11.3. The summed E-state index contributed by atoms with van der Waals surface area (Å²) in [5, 5.41) is 4.60. The summed E-state index contributed by atoms with van der Waals surface area (Å²) < 4.78 is 7.12. The van der Waals surface area contributed by atoms with E-state index < -0.39 is 0 Å². The van der Waals surface area contributed by atoms with E-state index in [0.717, 1.165) is 61.3 Å². The van der Waals surface area contributed by atoms with Gasteiger partial charge in [-0.1, -0.05) is 176 Å². The minimum Gasteiger partial charge on any atom is -0.453 e. The molecule has 0 fully saturated rings. The Kier molecular flexibility index (Phi) is 7.85. The first-order chi connectivity index (χ1) is 26.8. The fraction of sp³-hybridized carbons (Fsp3) is 0. The zero-order valence-corrected chi connectivity index (χ0v) is 29.6. The highest BCUT2D eigenvalue weighted by atomic mass is 16.3. The third kappa shape index (κ3) is 5.62. The third-order valence-corrected chi connectivity index (χ3v) is 10.5. The Morgan fingerprint density at radius 2 is 0.815 bits per heavy atom. The number of anilines is 3. The van der Waals surface area contributed by atoms with Crippen LogP contribution >= 0.6 is 0 Å². The lowest BCUT2D eigenvalue weighted by Crippen LogP contribution is -2.10. The molecule has 0 aliphatic heterocycles. The second kappa shape index (κ2) is 13.4. The fourth-order valence-corrected chi connectivity index (χ4v) is 7.81. The molecule has 10 rings (SSSR count). The number of hydrogen-bond donors (Lipinski definition) is 0. The van der Waals surface area contributed by atoms with E-state index in [1.807, 2.05) is 0 Å². The van der Waals surface area contributed by atoms with Crippen LogP contribution in [0.25, 0.3) is 77.2 Å². The van der Waals surface area contributed by atoms with Gasteiger partial charge in [-0.2, -0.15) is 0 Å². The molecule has 0 amide bonds. The van der Waals surface area contributed by atoms with Crippen LogP contribution < -0.4 is 4.90 Å². The molecule has 2 heteroatoms. The van der Waals surface area contributed by atoms with Gasteiger partial charge in [0.25, 0.3) is 0 Å². The van der Waals surface area contributed by atoms with E-state index in [4.69, 9.17) is 4.42 Å². The van der Waals surface area contributed by atoms with Crippen molar-refractivity contribution in [2.45, 2.75) is 0 Å². The van der Waals surface area contributed by atoms with Gasteiger partial charge in [0, 0.05) is 27.7 Å².